The fourth-order valence-electron chi connectivity index (χ4n) is 7.42. The fourth-order valence-corrected chi connectivity index (χ4v) is 7.42. The molecule has 18 heteroatoms. The summed E-state index contributed by atoms with van der Waals surface area (Å²) in [6, 6.07) is 8.48. The van der Waals surface area contributed by atoms with Crippen molar-refractivity contribution in [3.05, 3.63) is 63.5 Å². The number of alkyl carbamates (subject to hydrolysis) is 1. The number of imidazole rings is 1. The minimum Gasteiger partial charge on any atom is -0.446 e. The van der Waals surface area contributed by atoms with E-state index in [1.807, 2.05) is 24.3 Å². The van der Waals surface area contributed by atoms with Crippen LogP contribution >= 0.6 is 0 Å². The first kappa shape index (κ1) is 40.3. The third-order valence-electron chi connectivity index (χ3n) is 10.1. The standard InChI is InChI=1S/C38H51N9O9/c1-45-34-24(8-4-10-29(34)47(38(45)52)30-13-14-33(48)41-35(30)49)9-5-16-54-18-7-19-55-17-6-15-39-37(51)56-27-12-11-25(20-27)28-22-32(43-42-28)40-36(50)31-21-26(23-53-3)44-46(31)2/h4,8,10,21-22,25,27,30H,5-7,9,11-20,23H2,1-3H3,(H,39,51)(H,41,48,49)(H2,40,42,43,50)/t25-,27+,30?/m0/s1. The van der Waals surface area contributed by atoms with Gasteiger partial charge in [0.25, 0.3) is 5.91 Å². The molecule has 4 aromatic rings. The number of imide groups is 1. The van der Waals surface area contributed by atoms with Gasteiger partial charge in [-0.05, 0) is 69.1 Å². The Kier molecular flexibility index (Phi) is 13.7. The van der Waals surface area contributed by atoms with Gasteiger partial charge in [-0.25, -0.2) is 9.59 Å². The van der Waals surface area contributed by atoms with E-state index in [4.69, 9.17) is 18.9 Å². The number of aromatic nitrogens is 6. The summed E-state index contributed by atoms with van der Waals surface area (Å²) >= 11 is 0. The van der Waals surface area contributed by atoms with E-state index in [1.54, 1.807) is 31.8 Å². The molecule has 1 unspecified atom stereocenters. The van der Waals surface area contributed by atoms with Crippen LogP contribution in [0.1, 0.15) is 90.8 Å². The first-order chi connectivity index (χ1) is 27.1. The normalized spacial score (nSPS) is 18.4. The maximum absolute atomic E-state index is 13.1. The number of ether oxygens (including phenoxy) is 4. The largest absolute Gasteiger partial charge is 0.446 e. The molecule has 6 rings (SSSR count). The minimum atomic E-state index is -0.710. The lowest BCUT2D eigenvalue weighted by molar-refractivity contribution is -0.135. The number of aromatic amines is 1. The zero-order valence-corrected chi connectivity index (χ0v) is 32.1. The highest BCUT2D eigenvalue weighted by atomic mass is 16.6. The number of methoxy groups -OCH3 is 1. The van der Waals surface area contributed by atoms with Crippen LogP contribution in [0.2, 0.25) is 0 Å². The molecule has 1 aliphatic heterocycles. The number of piperidine rings is 1. The molecule has 18 nitrogen and oxygen atoms in total. The maximum Gasteiger partial charge on any atom is 0.407 e. The summed E-state index contributed by atoms with van der Waals surface area (Å²) in [4.78, 5) is 62.4. The Hall–Kier alpha value is -5.33. The molecule has 0 bridgehead atoms. The minimum absolute atomic E-state index is 0.131. The number of nitrogens with one attached hydrogen (secondary N) is 4. The number of para-hydroxylation sites is 1. The highest BCUT2D eigenvalue weighted by molar-refractivity contribution is 6.02. The summed E-state index contributed by atoms with van der Waals surface area (Å²) in [5, 5.41) is 19.5. The third kappa shape index (κ3) is 9.90. The molecule has 1 aliphatic carbocycles. The molecule has 2 fully saturated rings. The van der Waals surface area contributed by atoms with Gasteiger partial charge in [0.1, 0.15) is 17.8 Å². The number of hydrogen-bond acceptors (Lipinski definition) is 11. The van der Waals surface area contributed by atoms with Crippen molar-refractivity contribution in [3.8, 4) is 0 Å². The number of benzene rings is 1. The van der Waals surface area contributed by atoms with Gasteiger partial charge in [-0.1, -0.05) is 12.1 Å². The molecule has 56 heavy (non-hydrogen) atoms. The summed E-state index contributed by atoms with van der Waals surface area (Å²) < 4.78 is 26.8. The molecule has 3 atom stereocenters. The van der Waals surface area contributed by atoms with Crippen molar-refractivity contribution >= 4 is 40.7 Å². The Bertz CT molecular complexity index is 2070. The summed E-state index contributed by atoms with van der Waals surface area (Å²) in [6.07, 6.45) is 4.92. The number of fused-ring (bicyclic) bond motifs is 1. The van der Waals surface area contributed by atoms with Crippen molar-refractivity contribution < 1.29 is 38.1 Å². The van der Waals surface area contributed by atoms with Crippen LogP contribution < -0.4 is 21.6 Å². The number of hydrogen-bond donors (Lipinski definition) is 4. The summed E-state index contributed by atoms with van der Waals surface area (Å²) in [5.74, 6) is -0.541. The second kappa shape index (κ2) is 19.0. The molecule has 1 saturated carbocycles. The van der Waals surface area contributed by atoms with Gasteiger partial charge >= 0.3 is 11.8 Å². The van der Waals surface area contributed by atoms with E-state index in [0.717, 1.165) is 42.5 Å². The van der Waals surface area contributed by atoms with Crippen LogP contribution in [0.3, 0.4) is 0 Å². The number of amides is 4. The molecule has 4 amide bonds. The Morgan fingerprint density at radius 3 is 2.55 bits per heavy atom. The first-order valence-electron chi connectivity index (χ1n) is 19.1. The molecule has 4 heterocycles. The molecular weight excluding hydrogens is 726 g/mol. The Balaban J connectivity index is 0.800. The van der Waals surface area contributed by atoms with Gasteiger partial charge in [0, 0.05) is 78.3 Å². The Morgan fingerprint density at radius 2 is 1.77 bits per heavy atom. The molecular formula is C38H51N9O9. The summed E-state index contributed by atoms with van der Waals surface area (Å²) in [5.41, 5.74) is 4.12. The van der Waals surface area contributed by atoms with Gasteiger partial charge in [-0.15, -0.1) is 0 Å². The average Bonchev–Trinajstić information content (AvgIpc) is 3.96. The van der Waals surface area contributed by atoms with E-state index in [-0.39, 0.29) is 35.9 Å². The molecule has 2 aliphatic rings. The van der Waals surface area contributed by atoms with Crippen LogP contribution in [0.25, 0.3) is 11.0 Å². The number of anilines is 1. The Morgan fingerprint density at radius 1 is 0.982 bits per heavy atom. The van der Waals surface area contributed by atoms with E-state index in [2.05, 4.69) is 31.2 Å². The SMILES string of the molecule is COCc1cc(C(=O)Nc2cc([C@H]3CC[C@@H](OC(=O)NCCCOCCCOCCCc4cccc5c4n(C)c(=O)n5C4CCC(=O)NC4=O)C3)[nH]n2)n(C)n1. The van der Waals surface area contributed by atoms with Crippen molar-refractivity contribution in [1.29, 1.82) is 0 Å². The zero-order valence-electron chi connectivity index (χ0n) is 32.1. The number of aryl methyl sites for hydroxylation is 3. The molecule has 0 spiro atoms. The molecule has 1 saturated heterocycles. The first-order valence-corrected chi connectivity index (χ1v) is 19.1. The van der Waals surface area contributed by atoms with Gasteiger partial charge in [-0.3, -0.25) is 38.6 Å². The highest BCUT2D eigenvalue weighted by Gasteiger charge is 2.32. The van der Waals surface area contributed by atoms with Crippen LogP contribution in [-0.4, -0.2) is 99.1 Å². The van der Waals surface area contributed by atoms with Crippen LogP contribution in [0.4, 0.5) is 10.6 Å². The quantitative estimate of drug-likeness (QED) is 0.0802. The van der Waals surface area contributed by atoms with Gasteiger partial charge < -0.3 is 29.6 Å². The number of H-pyrrole nitrogens is 1. The lowest BCUT2D eigenvalue weighted by Crippen LogP contribution is -2.44. The lowest BCUT2D eigenvalue weighted by Gasteiger charge is -2.21. The summed E-state index contributed by atoms with van der Waals surface area (Å²) in [7, 11) is 4.97. The van der Waals surface area contributed by atoms with Crippen molar-refractivity contribution in [2.24, 2.45) is 14.1 Å². The van der Waals surface area contributed by atoms with Gasteiger partial charge in [0.05, 0.1) is 23.3 Å². The van der Waals surface area contributed by atoms with Gasteiger partial charge in [-0.2, -0.15) is 10.2 Å². The van der Waals surface area contributed by atoms with E-state index in [1.165, 1.54) is 9.25 Å². The van der Waals surface area contributed by atoms with Crippen LogP contribution in [-0.2, 0) is 55.7 Å². The molecule has 3 aromatic heterocycles. The number of carbonyl (C=O) groups excluding carboxylic acids is 4. The molecule has 302 valence electrons. The van der Waals surface area contributed by atoms with E-state index in [0.29, 0.717) is 88.0 Å². The number of carbonyl (C=O) groups is 4. The highest BCUT2D eigenvalue weighted by Crippen LogP contribution is 2.36. The van der Waals surface area contributed by atoms with E-state index in [9.17, 15) is 24.0 Å². The second-order valence-electron chi connectivity index (χ2n) is 14.2. The fraction of sp³-hybridized carbons (Fsp3) is 0.553. The van der Waals surface area contributed by atoms with Gasteiger partial charge in [0.2, 0.25) is 11.8 Å². The predicted molar refractivity (Wildman–Crippen MR) is 203 cm³/mol. The topological polar surface area (TPSA) is 215 Å². The third-order valence-corrected chi connectivity index (χ3v) is 10.1. The predicted octanol–water partition coefficient (Wildman–Crippen LogP) is 2.98. The van der Waals surface area contributed by atoms with Crippen LogP contribution in [0, 0.1) is 0 Å². The average molecular weight is 778 g/mol. The maximum atomic E-state index is 13.1. The van der Waals surface area contributed by atoms with Gasteiger partial charge in [0.15, 0.2) is 5.82 Å². The van der Waals surface area contributed by atoms with E-state index >= 15 is 0 Å². The lowest BCUT2D eigenvalue weighted by atomic mass is 10.0. The second-order valence-corrected chi connectivity index (χ2v) is 14.2. The van der Waals surface area contributed by atoms with Crippen molar-refractivity contribution in [2.75, 3.05) is 45.4 Å². The van der Waals surface area contributed by atoms with Crippen molar-refractivity contribution in [3.63, 3.8) is 0 Å². The monoisotopic (exact) mass is 777 g/mol. The van der Waals surface area contributed by atoms with Crippen LogP contribution in [0.15, 0.2) is 35.1 Å². The number of nitrogens with zero attached hydrogens (tertiary/aromatic N) is 5. The van der Waals surface area contributed by atoms with Crippen LogP contribution in [0.5, 0.6) is 0 Å². The number of rotatable bonds is 19. The smallest absolute Gasteiger partial charge is 0.407 e. The molecule has 4 N–H and O–H groups in total. The van der Waals surface area contributed by atoms with Crippen molar-refractivity contribution in [2.45, 2.75) is 82.5 Å². The Labute approximate surface area is 323 Å². The molecule has 1 aromatic carbocycles. The molecule has 0 radical (unpaired) electrons. The van der Waals surface area contributed by atoms with E-state index < -0.39 is 18.0 Å². The van der Waals surface area contributed by atoms with Crippen molar-refractivity contribution in [1.82, 2.24) is 39.7 Å². The summed E-state index contributed by atoms with van der Waals surface area (Å²) in [6.45, 7) is 2.90. The zero-order chi connectivity index (χ0) is 39.6.